The Hall–Kier alpha value is -2.94. The zero-order valence-corrected chi connectivity index (χ0v) is 22.7. The molecule has 37 heavy (non-hydrogen) atoms. The predicted molar refractivity (Wildman–Crippen MR) is 139 cm³/mol. The van der Waals surface area contributed by atoms with Crippen LogP contribution in [0.5, 0.6) is 11.5 Å². The molecule has 9 nitrogen and oxygen atoms in total. The lowest BCUT2D eigenvalue weighted by molar-refractivity contribution is -0.158. The van der Waals surface area contributed by atoms with Gasteiger partial charge in [0.1, 0.15) is 18.8 Å². The van der Waals surface area contributed by atoms with Gasteiger partial charge in [-0.15, -0.1) is 0 Å². The molecule has 0 bridgehead atoms. The first-order valence-corrected chi connectivity index (χ1v) is 13.4. The molecule has 0 spiro atoms. The lowest BCUT2D eigenvalue weighted by atomic mass is 10.1. The van der Waals surface area contributed by atoms with Gasteiger partial charge < -0.3 is 24.7 Å². The minimum atomic E-state index is -0.992. The van der Waals surface area contributed by atoms with E-state index in [1.165, 1.54) is 6.07 Å². The van der Waals surface area contributed by atoms with Gasteiger partial charge in [0.05, 0.1) is 0 Å². The molecule has 0 aliphatic carbocycles. The SMILES string of the molecule is CCCCCC(=O)Oc1ccc(C[C@H](N)C(=O)OC[C@H](C)OC(=O)CCC)cc1OC(=O)CCCCC. The maximum Gasteiger partial charge on any atom is 0.323 e. The Morgan fingerprint density at radius 3 is 1.95 bits per heavy atom. The predicted octanol–water partition coefficient (Wildman–Crippen LogP) is 4.80. The summed E-state index contributed by atoms with van der Waals surface area (Å²) in [4.78, 5) is 48.5. The van der Waals surface area contributed by atoms with Crippen LogP contribution in [0, 0.1) is 0 Å². The van der Waals surface area contributed by atoms with Crippen LogP contribution in [0.2, 0.25) is 0 Å². The van der Waals surface area contributed by atoms with E-state index in [9.17, 15) is 19.2 Å². The molecule has 0 aromatic heterocycles. The van der Waals surface area contributed by atoms with E-state index >= 15 is 0 Å². The van der Waals surface area contributed by atoms with Crippen LogP contribution in [0.15, 0.2) is 18.2 Å². The first-order valence-electron chi connectivity index (χ1n) is 13.4. The maximum absolute atomic E-state index is 12.4. The Bertz CT molecular complexity index is 870. The van der Waals surface area contributed by atoms with Crippen molar-refractivity contribution in [3.8, 4) is 11.5 Å². The van der Waals surface area contributed by atoms with E-state index in [0.29, 0.717) is 31.2 Å². The maximum atomic E-state index is 12.4. The number of carbonyl (C=O) groups excluding carboxylic acids is 4. The number of ether oxygens (including phenoxy) is 4. The molecule has 2 N–H and O–H groups in total. The van der Waals surface area contributed by atoms with Crippen molar-refractivity contribution in [2.45, 2.75) is 110 Å². The highest BCUT2D eigenvalue weighted by molar-refractivity contribution is 5.77. The summed E-state index contributed by atoms with van der Waals surface area (Å²) in [5.41, 5.74) is 6.63. The molecule has 1 aromatic rings. The van der Waals surface area contributed by atoms with Crippen molar-refractivity contribution in [2.75, 3.05) is 6.61 Å². The monoisotopic (exact) mass is 521 g/mol. The molecule has 2 atom stereocenters. The summed E-state index contributed by atoms with van der Waals surface area (Å²) in [5, 5.41) is 0. The third kappa shape index (κ3) is 13.8. The fourth-order valence-corrected chi connectivity index (χ4v) is 3.39. The molecule has 0 aliphatic heterocycles. The van der Waals surface area contributed by atoms with E-state index < -0.39 is 30.1 Å². The summed E-state index contributed by atoms with van der Waals surface area (Å²) in [7, 11) is 0. The van der Waals surface area contributed by atoms with Gasteiger partial charge in [-0.25, -0.2) is 0 Å². The summed E-state index contributed by atoms with van der Waals surface area (Å²) in [5.74, 6) is -1.57. The zero-order chi connectivity index (χ0) is 27.6. The number of hydrogen-bond donors (Lipinski definition) is 1. The highest BCUT2D eigenvalue weighted by Gasteiger charge is 2.20. The lowest BCUT2D eigenvalue weighted by Crippen LogP contribution is -2.36. The molecule has 0 saturated carbocycles. The molecule has 0 heterocycles. The molecule has 1 aromatic carbocycles. The highest BCUT2D eigenvalue weighted by Crippen LogP contribution is 2.30. The van der Waals surface area contributed by atoms with E-state index in [2.05, 4.69) is 0 Å². The first kappa shape index (κ1) is 32.1. The Morgan fingerprint density at radius 2 is 1.38 bits per heavy atom. The molecule has 9 heteroatoms. The fraction of sp³-hybridized carbons (Fsp3) is 0.643. The normalized spacial score (nSPS) is 12.4. The molecule has 0 aliphatic rings. The molecule has 1 rings (SSSR count). The van der Waals surface area contributed by atoms with E-state index in [1.807, 2.05) is 20.8 Å². The van der Waals surface area contributed by atoms with Gasteiger partial charge in [-0.1, -0.05) is 52.5 Å². The van der Waals surface area contributed by atoms with Gasteiger partial charge in [0.25, 0.3) is 0 Å². The number of rotatable bonds is 18. The van der Waals surface area contributed by atoms with E-state index in [1.54, 1.807) is 19.1 Å². The third-order valence-electron chi connectivity index (χ3n) is 5.43. The van der Waals surface area contributed by atoms with Gasteiger partial charge in [-0.05, 0) is 50.3 Å². The summed E-state index contributed by atoms with van der Waals surface area (Å²) in [6.45, 7) is 7.49. The molecule has 0 unspecified atom stereocenters. The van der Waals surface area contributed by atoms with E-state index in [0.717, 1.165) is 25.7 Å². The molecular formula is C28H43NO8. The number of benzene rings is 1. The summed E-state index contributed by atoms with van der Waals surface area (Å²) >= 11 is 0. The Labute approximate surface area is 220 Å². The van der Waals surface area contributed by atoms with E-state index in [-0.39, 0.29) is 43.3 Å². The number of carbonyl (C=O) groups is 4. The van der Waals surface area contributed by atoms with Crippen LogP contribution in [0.4, 0.5) is 0 Å². The van der Waals surface area contributed by atoms with Gasteiger partial charge in [0.15, 0.2) is 11.5 Å². The summed E-state index contributed by atoms with van der Waals surface area (Å²) in [6, 6.07) is 3.75. The number of hydrogen-bond acceptors (Lipinski definition) is 9. The lowest BCUT2D eigenvalue weighted by Gasteiger charge is -2.17. The van der Waals surface area contributed by atoms with Crippen molar-refractivity contribution in [1.82, 2.24) is 0 Å². The average Bonchev–Trinajstić information content (AvgIpc) is 2.84. The molecule has 208 valence electrons. The largest absolute Gasteiger partial charge is 0.461 e. The van der Waals surface area contributed by atoms with E-state index in [4.69, 9.17) is 24.7 Å². The van der Waals surface area contributed by atoms with Crippen LogP contribution >= 0.6 is 0 Å². The van der Waals surface area contributed by atoms with Crippen molar-refractivity contribution in [2.24, 2.45) is 5.73 Å². The van der Waals surface area contributed by atoms with Crippen LogP contribution in [-0.2, 0) is 35.1 Å². The van der Waals surface area contributed by atoms with Gasteiger partial charge in [0.2, 0.25) is 0 Å². The van der Waals surface area contributed by atoms with Crippen LogP contribution in [0.25, 0.3) is 0 Å². The van der Waals surface area contributed by atoms with Gasteiger partial charge >= 0.3 is 23.9 Å². The molecule has 0 fully saturated rings. The Morgan fingerprint density at radius 1 is 0.784 bits per heavy atom. The number of nitrogens with two attached hydrogens (primary N) is 1. The summed E-state index contributed by atoms with van der Waals surface area (Å²) < 4.78 is 21.3. The second-order valence-electron chi connectivity index (χ2n) is 9.13. The zero-order valence-electron chi connectivity index (χ0n) is 22.7. The average molecular weight is 522 g/mol. The Kier molecular flexibility index (Phi) is 15.9. The van der Waals surface area contributed by atoms with Gasteiger partial charge in [-0.2, -0.15) is 0 Å². The van der Waals surface area contributed by atoms with Crippen LogP contribution in [0.3, 0.4) is 0 Å². The second kappa shape index (κ2) is 18.3. The minimum absolute atomic E-state index is 0.102. The first-order chi connectivity index (χ1) is 17.7. The van der Waals surface area contributed by atoms with Crippen LogP contribution in [-0.4, -0.2) is 42.6 Å². The number of unbranched alkanes of at least 4 members (excludes halogenated alkanes) is 4. The van der Waals surface area contributed by atoms with Gasteiger partial charge in [-0.3, -0.25) is 19.2 Å². The van der Waals surface area contributed by atoms with Crippen LogP contribution in [0.1, 0.15) is 97.5 Å². The molecular weight excluding hydrogens is 478 g/mol. The number of esters is 4. The quantitative estimate of drug-likeness (QED) is 0.164. The minimum Gasteiger partial charge on any atom is -0.461 e. The van der Waals surface area contributed by atoms with Crippen molar-refractivity contribution >= 4 is 23.9 Å². The Balaban J connectivity index is 2.83. The van der Waals surface area contributed by atoms with Crippen molar-refractivity contribution in [1.29, 1.82) is 0 Å². The molecule has 0 saturated heterocycles. The van der Waals surface area contributed by atoms with Gasteiger partial charge in [0, 0.05) is 19.3 Å². The molecule has 0 radical (unpaired) electrons. The second-order valence-corrected chi connectivity index (χ2v) is 9.13. The third-order valence-corrected chi connectivity index (χ3v) is 5.43. The smallest absolute Gasteiger partial charge is 0.323 e. The highest BCUT2D eigenvalue weighted by atomic mass is 16.6. The summed E-state index contributed by atoms with van der Waals surface area (Å²) in [6.07, 6.45) is 6.19. The fourth-order valence-electron chi connectivity index (χ4n) is 3.39. The topological polar surface area (TPSA) is 131 Å². The molecule has 0 amide bonds. The van der Waals surface area contributed by atoms with Crippen molar-refractivity contribution in [3.05, 3.63) is 23.8 Å². The van der Waals surface area contributed by atoms with Crippen molar-refractivity contribution in [3.63, 3.8) is 0 Å². The van der Waals surface area contributed by atoms with Crippen molar-refractivity contribution < 1.29 is 38.1 Å². The standard InChI is InChI=1S/C28H43NO8/c1-5-8-10-13-26(31)36-23-16-15-21(18-24(23)37-27(32)14-11-9-6-2)17-22(29)28(33)34-19-20(4)35-25(30)12-7-3/h15-16,18,20,22H,5-14,17,19,29H2,1-4H3/t20-,22-/m0/s1. The van der Waals surface area contributed by atoms with Crippen LogP contribution < -0.4 is 15.2 Å².